The summed E-state index contributed by atoms with van der Waals surface area (Å²) in [7, 11) is 0. The summed E-state index contributed by atoms with van der Waals surface area (Å²) in [6.45, 7) is 10.1. The molecule has 0 aromatic rings. The first-order valence-corrected chi connectivity index (χ1v) is 5.96. The van der Waals surface area contributed by atoms with Crippen molar-refractivity contribution in [2.24, 2.45) is 0 Å². The molecule has 3 heteroatoms. The molecule has 1 saturated heterocycles. The largest absolute Gasteiger partial charge is 0.301 e. The molecule has 0 aromatic carbocycles. The van der Waals surface area contributed by atoms with Crippen molar-refractivity contribution >= 4 is 0 Å². The van der Waals surface area contributed by atoms with Crippen LogP contribution in [0.25, 0.3) is 0 Å². The molecule has 1 rings (SSSR count). The number of rotatable bonds is 6. The number of hydrogen-bond acceptors (Lipinski definition) is 2. The number of unbranched alkanes of at least 4 members (excludes halogenated alkanes) is 1. The van der Waals surface area contributed by atoms with Gasteiger partial charge in [-0.15, -0.1) is 0 Å². The number of nitrogens with zero attached hydrogens (tertiary/aromatic N) is 2. The van der Waals surface area contributed by atoms with E-state index in [-0.39, 0.29) is 0 Å². The van der Waals surface area contributed by atoms with Crippen molar-refractivity contribution in [3.05, 3.63) is 0 Å². The molecule has 0 aliphatic carbocycles. The first-order chi connectivity index (χ1) is 6.86. The van der Waals surface area contributed by atoms with Gasteiger partial charge in [0, 0.05) is 32.7 Å². The summed E-state index contributed by atoms with van der Waals surface area (Å²) in [4.78, 5) is 5.07. The molecule has 1 radical (unpaired) electrons. The van der Waals surface area contributed by atoms with E-state index in [2.05, 4.69) is 16.7 Å². The zero-order valence-electron chi connectivity index (χ0n) is 9.47. The number of piperazine rings is 1. The second-order valence-corrected chi connectivity index (χ2v) is 4.14. The van der Waals surface area contributed by atoms with Crippen LogP contribution >= 0.6 is 0 Å². The Morgan fingerprint density at radius 1 is 0.929 bits per heavy atom. The van der Waals surface area contributed by atoms with Gasteiger partial charge in [-0.2, -0.15) is 0 Å². The monoisotopic (exact) mass is 198 g/mol. The van der Waals surface area contributed by atoms with Gasteiger partial charge in [0.15, 0.2) is 0 Å². The molecule has 0 bridgehead atoms. The van der Waals surface area contributed by atoms with Gasteiger partial charge in [0.05, 0.1) is 0 Å². The summed E-state index contributed by atoms with van der Waals surface area (Å²) in [6.07, 6.45) is 3.68. The Morgan fingerprint density at radius 3 is 1.86 bits per heavy atom. The van der Waals surface area contributed by atoms with Crippen molar-refractivity contribution in [1.29, 1.82) is 0 Å². The van der Waals surface area contributed by atoms with Crippen molar-refractivity contribution in [3.63, 3.8) is 0 Å². The molecule has 3 nitrogen and oxygen atoms in total. The SMILES string of the molecule is CCCCN1CCN(CCC[NH])CC1. The fraction of sp³-hybridized carbons (Fsp3) is 1.00. The van der Waals surface area contributed by atoms with Gasteiger partial charge in [0.25, 0.3) is 0 Å². The summed E-state index contributed by atoms with van der Waals surface area (Å²) >= 11 is 0. The molecular weight excluding hydrogens is 174 g/mol. The van der Waals surface area contributed by atoms with Crippen LogP contribution in [0.15, 0.2) is 0 Å². The second kappa shape index (κ2) is 7.21. The average molecular weight is 198 g/mol. The van der Waals surface area contributed by atoms with Crippen molar-refractivity contribution in [3.8, 4) is 0 Å². The predicted molar refractivity (Wildman–Crippen MR) is 60.4 cm³/mol. The van der Waals surface area contributed by atoms with Gasteiger partial charge in [-0.1, -0.05) is 13.3 Å². The van der Waals surface area contributed by atoms with E-state index in [1.165, 1.54) is 45.6 Å². The Hall–Kier alpha value is -0.120. The highest BCUT2D eigenvalue weighted by Gasteiger charge is 2.14. The van der Waals surface area contributed by atoms with E-state index in [1.54, 1.807) is 0 Å². The Bertz CT molecular complexity index is 114. The van der Waals surface area contributed by atoms with Crippen LogP contribution in [-0.4, -0.2) is 55.6 Å². The summed E-state index contributed by atoms with van der Waals surface area (Å²) in [5, 5.41) is 0. The molecule has 1 N–H and O–H groups in total. The lowest BCUT2D eigenvalue weighted by molar-refractivity contribution is 0.130. The Balaban J connectivity index is 2.05. The minimum atomic E-state index is 0.579. The smallest absolute Gasteiger partial charge is 0.0112 e. The van der Waals surface area contributed by atoms with Gasteiger partial charge in [-0.25, -0.2) is 0 Å². The van der Waals surface area contributed by atoms with Crippen molar-refractivity contribution in [2.75, 3.05) is 45.8 Å². The van der Waals surface area contributed by atoms with E-state index >= 15 is 0 Å². The van der Waals surface area contributed by atoms with Crippen LogP contribution in [0.3, 0.4) is 0 Å². The molecule has 1 aliphatic rings. The van der Waals surface area contributed by atoms with Crippen LogP contribution in [0, 0.1) is 0 Å². The van der Waals surface area contributed by atoms with Gasteiger partial charge in [-0.05, 0) is 25.9 Å². The van der Waals surface area contributed by atoms with Gasteiger partial charge in [-0.3, -0.25) is 5.73 Å². The van der Waals surface area contributed by atoms with Gasteiger partial charge >= 0.3 is 0 Å². The third kappa shape index (κ3) is 4.40. The highest BCUT2D eigenvalue weighted by atomic mass is 15.3. The fourth-order valence-electron chi connectivity index (χ4n) is 1.92. The first kappa shape index (κ1) is 12.0. The molecule has 0 amide bonds. The highest BCUT2D eigenvalue weighted by Crippen LogP contribution is 2.03. The molecule has 0 aromatic heterocycles. The lowest BCUT2D eigenvalue weighted by Crippen LogP contribution is -2.46. The van der Waals surface area contributed by atoms with Gasteiger partial charge in [0.1, 0.15) is 0 Å². The molecule has 1 heterocycles. The van der Waals surface area contributed by atoms with E-state index in [0.29, 0.717) is 6.54 Å². The van der Waals surface area contributed by atoms with Crippen LogP contribution in [0.5, 0.6) is 0 Å². The normalized spacial score (nSPS) is 20.1. The molecular formula is C11H24N3. The second-order valence-electron chi connectivity index (χ2n) is 4.14. The van der Waals surface area contributed by atoms with Crippen LogP contribution in [-0.2, 0) is 0 Å². The maximum Gasteiger partial charge on any atom is 0.0112 e. The molecule has 0 unspecified atom stereocenters. The minimum Gasteiger partial charge on any atom is -0.301 e. The molecule has 0 saturated carbocycles. The Labute approximate surface area is 88.2 Å². The van der Waals surface area contributed by atoms with Gasteiger partial charge in [0.2, 0.25) is 0 Å². The highest BCUT2D eigenvalue weighted by molar-refractivity contribution is 4.71. The topological polar surface area (TPSA) is 30.3 Å². The van der Waals surface area contributed by atoms with Crippen LogP contribution in [0.2, 0.25) is 0 Å². The minimum absolute atomic E-state index is 0.579. The van der Waals surface area contributed by atoms with Crippen molar-refractivity contribution in [1.82, 2.24) is 15.5 Å². The quantitative estimate of drug-likeness (QED) is 0.639. The third-order valence-corrected chi connectivity index (χ3v) is 2.94. The summed E-state index contributed by atoms with van der Waals surface area (Å²) in [6, 6.07) is 0. The Kier molecular flexibility index (Phi) is 6.15. The van der Waals surface area contributed by atoms with Crippen LogP contribution in [0.4, 0.5) is 0 Å². The predicted octanol–water partition coefficient (Wildman–Crippen LogP) is 1.08. The third-order valence-electron chi connectivity index (χ3n) is 2.94. The lowest BCUT2D eigenvalue weighted by atomic mass is 10.2. The van der Waals surface area contributed by atoms with E-state index < -0.39 is 0 Å². The number of hydrogen-bond donors (Lipinski definition) is 0. The summed E-state index contributed by atoms with van der Waals surface area (Å²) in [5.41, 5.74) is 7.11. The summed E-state index contributed by atoms with van der Waals surface area (Å²) in [5.74, 6) is 0. The number of nitrogens with one attached hydrogen (secondary N) is 1. The molecule has 14 heavy (non-hydrogen) atoms. The standard InChI is InChI=1S/C11H24N3/c1-2-3-6-13-8-10-14(11-9-13)7-4-5-12/h12H,2-11H2,1H3. The molecule has 1 aliphatic heterocycles. The average Bonchev–Trinajstić information content (AvgIpc) is 2.25. The van der Waals surface area contributed by atoms with Crippen molar-refractivity contribution in [2.45, 2.75) is 26.2 Å². The summed E-state index contributed by atoms with van der Waals surface area (Å²) < 4.78 is 0. The zero-order valence-corrected chi connectivity index (χ0v) is 9.47. The molecule has 83 valence electrons. The van der Waals surface area contributed by atoms with E-state index in [0.717, 1.165) is 13.0 Å². The zero-order chi connectivity index (χ0) is 10.2. The van der Waals surface area contributed by atoms with Crippen molar-refractivity contribution < 1.29 is 0 Å². The molecule has 0 spiro atoms. The van der Waals surface area contributed by atoms with E-state index in [4.69, 9.17) is 5.73 Å². The molecule has 1 fully saturated rings. The maximum absolute atomic E-state index is 7.11. The first-order valence-electron chi connectivity index (χ1n) is 5.96. The van der Waals surface area contributed by atoms with Crippen LogP contribution in [0.1, 0.15) is 26.2 Å². The van der Waals surface area contributed by atoms with E-state index in [9.17, 15) is 0 Å². The van der Waals surface area contributed by atoms with Gasteiger partial charge < -0.3 is 9.80 Å². The van der Waals surface area contributed by atoms with Crippen LogP contribution < -0.4 is 5.73 Å². The van der Waals surface area contributed by atoms with E-state index in [1.807, 2.05) is 0 Å². The molecule has 0 atom stereocenters. The maximum atomic E-state index is 7.11. The fourth-order valence-corrected chi connectivity index (χ4v) is 1.92. The Morgan fingerprint density at radius 2 is 1.43 bits per heavy atom. The lowest BCUT2D eigenvalue weighted by Gasteiger charge is -2.34.